The molecule has 3 heterocycles. The topological polar surface area (TPSA) is 76.6 Å². The van der Waals surface area contributed by atoms with E-state index in [2.05, 4.69) is 43.5 Å². The minimum atomic E-state index is -4.58. The molecule has 1 aromatic carbocycles. The number of likely N-dealkylation sites (tertiary alicyclic amines) is 1. The quantitative estimate of drug-likeness (QED) is 0.466. The molecule has 2 aliphatic heterocycles. The van der Waals surface area contributed by atoms with E-state index in [0.29, 0.717) is 19.0 Å². The number of amides is 1. The van der Waals surface area contributed by atoms with Crippen molar-refractivity contribution in [3.05, 3.63) is 35.5 Å². The van der Waals surface area contributed by atoms with E-state index in [4.69, 9.17) is 0 Å². The number of halogens is 3. The summed E-state index contributed by atoms with van der Waals surface area (Å²) in [4.78, 5) is 27.1. The van der Waals surface area contributed by atoms with E-state index in [0.717, 1.165) is 75.0 Å². The predicted octanol–water partition coefficient (Wildman–Crippen LogP) is 4.37. The number of hydrogen-bond acceptors (Lipinski definition) is 7. The lowest BCUT2D eigenvalue weighted by Gasteiger charge is -2.34. The molecule has 1 amide bonds. The van der Waals surface area contributed by atoms with Crippen LogP contribution in [0.25, 0.3) is 0 Å². The Morgan fingerprint density at radius 2 is 1.92 bits per heavy atom. The number of piperazine rings is 1. The first-order chi connectivity index (χ1) is 18.2. The summed E-state index contributed by atoms with van der Waals surface area (Å²) in [6.07, 6.45) is 0.455. The lowest BCUT2D eigenvalue weighted by atomic mass is 10.1. The molecule has 1 aromatic heterocycles. The van der Waals surface area contributed by atoms with Gasteiger partial charge in [-0.3, -0.25) is 4.79 Å². The van der Waals surface area contributed by atoms with Crippen LogP contribution >= 0.6 is 0 Å². The fourth-order valence-electron chi connectivity index (χ4n) is 5.79. The zero-order valence-corrected chi connectivity index (χ0v) is 22.0. The number of alkyl halides is 3. The average molecular weight is 532 g/mol. The zero-order valence-electron chi connectivity index (χ0n) is 22.0. The Bertz CT molecular complexity index is 1150. The van der Waals surface area contributed by atoms with Gasteiger partial charge in [-0.2, -0.15) is 18.2 Å². The van der Waals surface area contributed by atoms with Gasteiger partial charge < -0.3 is 25.3 Å². The van der Waals surface area contributed by atoms with Gasteiger partial charge >= 0.3 is 6.18 Å². The molecule has 1 aliphatic carbocycles. The summed E-state index contributed by atoms with van der Waals surface area (Å²) >= 11 is 0. The number of hydrogen-bond donors (Lipinski definition) is 2. The Morgan fingerprint density at radius 3 is 2.61 bits per heavy atom. The molecule has 2 bridgehead atoms. The van der Waals surface area contributed by atoms with Gasteiger partial charge in [-0.25, -0.2) is 4.98 Å². The number of piperidine rings is 1. The maximum absolute atomic E-state index is 13.7. The maximum atomic E-state index is 13.7. The van der Waals surface area contributed by atoms with Crippen molar-refractivity contribution in [2.45, 2.75) is 51.2 Å². The lowest BCUT2D eigenvalue weighted by molar-refractivity contribution is -0.137. The van der Waals surface area contributed by atoms with Gasteiger partial charge in [0.1, 0.15) is 11.4 Å². The van der Waals surface area contributed by atoms with Crippen LogP contribution in [0.4, 0.5) is 36.3 Å². The Morgan fingerprint density at radius 1 is 1.13 bits per heavy atom. The number of nitrogens with zero attached hydrogens (tertiary/aromatic N) is 5. The maximum Gasteiger partial charge on any atom is 0.421 e. The van der Waals surface area contributed by atoms with Crippen LogP contribution < -0.4 is 15.5 Å². The molecular weight excluding hydrogens is 495 g/mol. The van der Waals surface area contributed by atoms with Crippen molar-refractivity contribution in [1.82, 2.24) is 19.8 Å². The number of anilines is 4. The number of fused-ring (bicyclic) bond motifs is 2. The highest BCUT2D eigenvalue weighted by atomic mass is 19.4. The van der Waals surface area contributed by atoms with Crippen molar-refractivity contribution >= 4 is 29.0 Å². The second-order valence-corrected chi connectivity index (χ2v) is 10.5. The van der Waals surface area contributed by atoms with Crippen LogP contribution in [-0.2, 0) is 17.4 Å². The van der Waals surface area contributed by atoms with Crippen molar-refractivity contribution in [2.24, 2.45) is 5.92 Å². The molecule has 0 spiro atoms. The van der Waals surface area contributed by atoms with E-state index >= 15 is 0 Å². The van der Waals surface area contributed by atoms with Crippen molar-refractivity contribution in [3.8, 4) is 0 Å². The van der Waals surface area contributed by atoms with Crippen LogP contribution in [0.15, 0.2) is 24.4 Å². The molecule has 2 saturated heterocycles. The summed E-state index contributed by atoms with van der Waals surface area (Å²) in [5.74, 6) is 0.186. The Balaban J connectivity index is 1.26. The van der Waals surface area contributed by atoms with Gasteiger partial charge in [0, 0.05) is 68.8 Å². The zero-order chi connectivity index (χ0) is 26.9. The largest absolute Gasteiger partial charge is 0.421 e. The molecule has 2 aromatic rings. The van der Waals surface area contributed by atoms with Crippen LogP contribution in [0.2, 0.25) is 0 Å². The van der Waals surface area contributed by atoms with Crippen LogP contribution in [-0.4, -0.2) is 78.0 Å². The Hall–Kier alpha value is -3.08. The van der Waals surface area contributed by atoms with E-state index in [1.165, 1.54) is 0 Å². The van der Waals surface area contributed by atoms with Gasteiger partial charge in [-0.15, -0.1) is 0 Å². The third-order valence-electron chi connectivity index (χ3n) is 8.03. The predicted molar refractivity (Wildman–Crippen MR) is 142 cm³/mol. The highest BCUT2D eigenvalue weighted by molar-refractivity contribution is 5.82. The molecule has 0 radical (unpaired) electrons. The van der Waals surface area contributed by atoms with E-state index in [9.17, 15) is 18.0 Å². The number of carbonyl (C=O) groups excluding carboxylic acids is 1. The molecule has 5 rings (SSSR count). The molecule has 3 fully saturated rings. The third-order valence-corrected chi connectivity index (χ3v) is 8.03. The third kappa shape index (κ3) is 5.67. The number of likely N-dealkylation sites (N-methyl/N-ethyl adjacent to an activating group) is 1. The minimum Gasteiger partial charge on any atom is -0.369 e. The summed E-state index contributed by atoms with van der Waals surface area (Å²) in [6, 6.07) is 6.40. The summed E-state index contributed by atoms with van der Waals surface area (Å²) in [5, 5.41) is 5.98. The van der Waals surface area contributed by atoms with Crippen LogP contribution in [0, 0.1) is 5.92 Å². The van der Waals surface area contributed by atoms with Crippen LogP contribution in [0.3, 0.4) is 0 Å². The highest BCUT2D eigenvalue weighted by Gasteiger charge is 2.44. The first-order valence-electron chi connectivity index (χ1n) is 13.5. The summed E-state index contributed by atoms with van der Waals surface area (Å²) in [5.41, 5.74) is 2.06. The second-order valence-electron chi connectivity index (χ2n) is 10.5. The van der Waals surface area contributed by atoms with E-state index in [1.807, 2.05) is 24.0 Å². The van der Waals surface area contributed by atoms with Gasteiger partial charge in [0.25, 0.3) is 0 Å². The fraction of sp³-hybridized carbons (Fsp3) is 0.593. The average Bonchev–Trinajstić information content (AvgIpc) is 3.49. The Kier molecular flexibility index (Phi) is 7.65. The molecule has 8 nitrogen and oxygen atoms in total. The molecule has 1 saturated carbocycles. The molecule has 38 heavy (non-hydrogen) atoms. The van der Waals surface area contributed by atoms with Crippen molar-refractivity contribution in [3.63, 3.8) is 0 Å². The summed E-state index contributed by atoms with van der Waals surface area (Å²) in [7, 11) is 2.12. The minimum absolute atomic E-state index is 0.106. The standard InChI is InChI=1S/C27H36F3N7O/c1-3-18-15-20(36-13-11-35(2)12-14-36)7-8-23(18)33-26-32-17-22(27(28,29)30)24(34-26)31-9-4-10-37-21-6-5-19(16-21)25(37)38/h7-8,15,17,19,21H,3-6,9-14,16H2,1-2H3,(H2,31,32,33,34). The first kappa shape index (κ1) is 26.5. The normalized spacial score (nSPS) is 21.9. The number of benzene rings is 1. The summed E-state index contributed by atoms with van der Waals surface area (Å²) < 4.78 is 41.0. The lowest BCUT2D eigenvalue weighted by Crippen LogP contribution is -2.44. The van der Waals surface area contributed by atoms with Gasteiger partial charge in [-0.05, 0) is 62.9 Å². The molecule has 3 aliphatic rings. The van der Waals surface area contributed by atoms with E-state index in [1.54, 1.807) is 0 Å². The number of nitrogens with one attached hydrogen (secondary N) is 2. The van der Waals surface area contributed by atoms with Gasteiger partial charge in [0.2, 0.25) is 11.9 Å². The van der Waals surface area contributed by atoms with E-state index in [-0.39, 0.29) is 30.1 Å². The van der Waals surface area contributed by atoms with Crippen LogP contribution in [0.5, 0.6) is 0 Å². The molecule has 2 unspecified atom stereocenters. The number of aromatic nitrogens is 2. The molecular formula is C27H36F3N7O. The SMILES string of the molecule is CCc1cc(N2CCN(C)CC2)ccc1Nc1ncc(C(F)(F)F)c(NCCCN2C(=O)C3CCC2C3)n1. The van der Waals surface area contributed by atoms with Gasteiger partial charge in [0.05, 0.1) is 0 Å². The van der Waals surface area contributed by atoms with Crippen molar-refractivity contribution in [1.29, 1.82) is 0 Å². The monoisotopic (exact) mass is 531 g/mol. The molecule has 2 N–H and O–H groups in total. The fourth-order valence-corrected chi connectivity index (χ4v) is 5.79. The second kappa shape index (κ2) is 11.0. The number of carbonyl (C=O) groups is 1. The molecule has 206 valence electrons. The number of rotatable bonds is 9. The molecule has 2 atom stereocenters. The van der Waals surface area contributed by atoms with Gasteiger partial charge in [0.15, 0.2) is 0 Å². The number of aryl methyl sites for hydroxylation is 1. The van der Waals surface area contributed by atoms with Crippen molar-refractivity contribution in [2.75, 3.05) is 61.8 Å². The van der Waals surface area contributed by atoms with Crippen LogP contribution in [0.1, 0.15) is 43.7 Å². The summed E-state index contributed by atoms with van der Waals surface area (Å²) in [6.45, 7) is 6.79. The Labute approximate surface area is 221 Å². The highest BCUT2D eigenvalue weighted by Crippen LogP contribution is 2.38. The van der Waals surface area contributed by atoms with Gasteiger partial charge in [-0.1, -0.05) is 6.92 Å². The van der Waals surface area contributed by atoms with E-state index < -0.39 is 11.7 Å². The molecule has 11 heteroatoms. The van der Waals surface area contributed by atoms with Crippen molar-refractivity contribution < 1.29 is 18.0 Å². The smallest absolute Gasteiger partial charge is 0.369 e. The first-order valence-corrected chi connectivity index (χ1v) is 13.5.